The number of aromatic nitrogens is 2. The molecule has 1 atom stereocenters. The van der Waals surface area contributed by atoms with E-state index in [9.17, 15) is 9.59 Å². The summed E-state index contributed by atoms with van der Waals surface area (Å²) in [4.78, 5) is 25.6. The molecule has 1 unspecified atom stereocenters. The SMILES string of the molecule is COCC1(CC(N)=O)CCCN1C(=O)Cn1cc(Cl)cn1. The van der Waals surface area contributed by atoms with Crippen molar-refractivity contribution in [3.05, 3.63) is 17.4 Å². The number of nitrogens with two attached hydrogens (primary N) is 1. The standard InChI is InChI=1S/C13H19ClN4O3/c1-21-9-13(5-11(15)19)3-2-4-18(13)12(20)8-17-7-10(14)6-16-17/h6-7H,2-5,8-9H2,1H3,(H2,15,19). The van der Waals surface area contributed by atoms with Crippen LogP contribution in [0.25, 0.3) is 0 Å². The molecule has 2 N–H and O–H groups in total. The molecule has 2 rings (SSSR count). The number of likely N-dealkylation sites (tertiary alicyclic amines) is 1. The monoisotopic (exact) mass is 314 g/mol. The second kappa shape index (κ2) is 6.44. The van der Waals surface area contributed by atoms with Gasteiger partial charge in [-0.15, -0.1) is 0 Å². The zero-order chi connectivity index (χ0) is 15.5. The fourth-order valence-electron chi connectivity index (χ4n) is 2.95. The molecule has 0 aromatic carbocycles. The van der Waals surface area contributed by atoms with Gasteiger partial charge in [0.05, 0.1) is 29.8 Å². The molecule has 1 fully saturated rings. The lowest BCUT2D eigenvalue weighted by Gasteiger charge is -2.37. The summed E-state index contributed by atoms with van der Waals surface area (Å²) >= 11 is 5.79. The number of carbonyl (C=O) groups is 2. The van der Waals surface area contributed by atoms with Crippen LogP contribution in [0.3, 0.4) is 0 Å². The van der Waals surface area contributed by atoms with Gasteiger partial charge in [-0.1, -0.05) is 11.6 Å². The molecule has 0 spiro atoms. The summed E-state index contributed by atoms with van der Waals surface area (Å²) in [7, 11) is 1.55. The third kappa shape index (κ3) is 3.54. The Bertz CT molecular complexity index is 533. The van der Waals surface area contributed by atoms with Gasteiger partial charge in [-0.3, -0.25) is 14.3 Å². The van der Waals surface area contributed by atoms with Crippen LogP contribution >= 0.6 is 11.6 Å². The molecule has 0 saturated carbocycles. The van der Waals surface area contributed by atoms with Crippen LogP contribution in [0.4, 0.5) is 0 Å². The summed E-state index contributed by atoms with van der Waals surface area (Å²) < 4.78 is 6.70. The summed E-state index contributed by atoms with van der Waals surface area (Å²) in [5.74, 6) is -0.556. The van der Waals surface area contributed by atoms with Gasteiger partial charge < -0.3 is 15.4 Å². The lowest BCUT2D eigenvalue weighted by Crippen LogP contribution is -2.53. The van der Waals surface area contributed by atoms with Crippen LogP contribution in [-0.2, 0) is 20.9 Å². The van der Waals surface area contributed by atoms with Gasteiger partial charge >= 0.3 is 0 Å². The molecule has 21 heavy (non-hydrogen) atoms. The van der Waals surface area contributed by atoms with Crippen molar-refractivity contribution in [2.45, 2.75) is 31.3 Å². The second-order valence-corrected chi connectivity index (χ2v) is 5.74. The number of amides is 2. The summed E-state index contributed by atoms with van der Waals surface area (Å²) in [6.45, 7) is 0.961. The predicted octanol–water partition coefficient (Wildman–Crippen LogP) is 0.419. The third-order valence-corrected chi connectivity index (χ3v) is 3.91. The van der Waals surface area contributed by atoms with Crippen molar-refractivity contribution < 1.29 is 14.3 Å². The van der Waals surface area contributed by atoms with Gasteiger partial charge in [0.1, 0.15) is 6.54 Å². The summed E-state index contributed by atoms with van der Waals surface area (Å²) in [6.07, 6.45) is 4.69. The smallest absolute Gasteiger partial charge is 0.244 e. The van der Waals surface area contributed by atoms with Gasteiger partial charge in [0, 0.05) is 19.9 Å². The summed E-state index contributed by atoms with van der Waals surface area (Å²) in [5, 5.41) is 4.47. The van der Waals surface area contributed by atoms with Crippen LogP contribution in [0, 0.1) is 0 Å². The van der Waals surface area contributed by atoms with E-state index in [-0.39, 0.29) is 18.9 Å². The van der Waals surface area contributed by atoms with Gasteiger partial charge in [-0.25, -0.2) is 0 Å². The first-order valence-corrected chi connectivity index (χ1v) is 7.10. The maximum absolute atomic E-state index is 12.5. The van der Waals surface area contributed by atoms with Crippen LogP contribution in [0.2, 0.25) is 5.02 Å². The Morgan fingerprint density at radius 1 is 1.57 bits per heavy atom. The molecule has 8 heteroatoms. The fourth-order valence-corrected chi connectivity index (χ4v) is 3.11. The highest BCUT2D eigenvalue weighted by Gasteiger charge is 2.44. The average Bonchev–Trinajstić information content (AvgIpc) is 2.96. The van der Waals surface area contributed by atoms with E-state index in [4.69, 9.17) is 22.1 Å². The summed E-state index contributed by atoms with van der Waals surface area (Å²) in [6, 6.07) is 0. The largest absolute Gasteiger partial charge is 0.382 e. The Morgan fingerprint density at radius 3 is 2.90 bits per heavy atom. The lowest BCUT2D eigenvalue weighted by atomic mass is 9.92. The molecular formula is C13H19ClN4O3. The van der Waals surface area contributed by atoms with Gasteiger partial charge in [0.15, 0.2) is 0 Å². The zero-order valence-electron chi connectivity index (χ0n) is 11.9. The Morgan fingerprint density at radius 2 is 2.33 bits per heavy atom. The molecule has 7 nitrogen and oxygen atoms in total. The van der Waals surface area contributed by atoms with Crippen molar-refractivity contribution in [3.63, 3.8) is 0 Å². The zero-order valence-corrected chi connectivity index (χ0v) is 12.7. The first kappa shape index (κ1) is 15.8. The van der Waals surface area contributed by atoms with Crippen molar-refractivity contribution in [3.8, 4) is 0 Å². The van der Waals surface area contributed by atoms with Crippen molar-refractivity contribution in [1.82, 2.24) is 14.7 Å². The van der Waals surface area contributed by atoms with E-state index in [1.54, 1.807) is 18.2 Å². The number of rotatable bonds is 6. The second-order valence-electron chi connectivity index (χ2n) is 5.31. The highest BCUT2D eigenvalue weighted by Crippen LogP contribution is 2.33. The number of hydrogen-bond donors (Lipinski definition) is 1. The highest BCUT2D eigenvalue weighted by atomic mass is 35.5. The number of carbonyl (C=O) groups excluding carboxylic acids is 2. The average molecular weight is 315 g/mol. The van der Waals surface area contributed by atoms with Crippen LogP contribution in [0.1, 0.15) is 19.3 Å². The molecule has 1 aromatic heterocycles. The maximum Gasteiger partial charge on any atom is 0.244 e. The van der Waals surface area contributed by atoms with Crippen molar-refractivity contribution in [2.24, 2.45) is 5.73 Å². The minimum atomic E-state index is -0.644. The number of halogens is 1. The van der Waals surface area contributed by atoms with Gasteiger partial charge in [0.25, 0.3) is 0 Å². The van der Waals surface area contributed by atoms with Gasteiger partial charge in [-0.05, 0) is 12.8 Å². The molecular weight excluding hydrogens is 296 g/mol. The lowest BCUT2D eigenvalue weighted by molar-refractivity contribution is -0.140. The predicted molar refractivity (Wildman–Crippen MR) is 76.6 cm³/mol. The molecule has 1 saturated heterocycles. The Labute approximate surface area is 128 Å². The van der Waals surface area contributed by atoms with Crippen molar-refractivity contribution in [1.29, 1.82) is 0 Å². The van der Waals surface area contributed by atoms with E-state index in [0.717, 1.165) is 6.42 Å². The number of methoxy groups -OCH3 is 1. The number of nitrogens with zero attached hydrogens (tertiary/aromatic N) is 3. The molecule has 1 aromatic rings. The quantitative estimate of drug-likeness (QED) is 0.824. The Balaban J connectivity index is 2.14. The first-order valence-electron chi connectivity index (χ1n) is 6.72. The molecule has 1 aliphatic rings. The minimum Gasteiger partial charge on any atom is -0.382 e. The minimum absolute atomic E-state index is 0.0803. The van der Waals surface area contributed by atoms with E-state index in [2.05, 4.69) is 5.10 Å². The third-order valence-electron chi connectivity index (χ3n) is 3.71. The van der Waals surface area contributed by atoms with Gasteiger partial charge in [-0.2, -0.15) is 5.10 Å². The van der Waals surface area contributed by atoms with E-state index in [1.807, 2.05) is 0 Å². The number of hydrogen-bond acceptors (Lipinski definition) is 4. The van der Waals surface area contributed by atoms with Crippen LogP contribution < -0.4 is 5.73 Å². The van der Waals surface area contributed by atoms with Crippen LogP contribution in [0.5, 0.6) is 0 Å². The van der Waals surface area contributed by atoms with E-state index < -0.39 is 11.4 Å². The van der Waals surface area contributed by atoms with E-state index in [0.29, 0.717) is 24.6 Å². The van der Waals surface area contributed by atoms with Gasteiger partial charge in [0.2, 0.25) is 11.8 Å². The molecule has 2 amide bonds. The molecule has 0 radical (unpaired) electrons. The normalized spacial score (nSPS) is 21.7. The maximum atomic E-state index is 12.5. The Kier molecular flexibility index (Phi) is 4.84. The molecule has 0 aliphatic carbocycles. The van der Waals surface area contributed by atoms with Crippen LogP contribution in [-0.4, -0.2) is 52.3 Å². The van der Waals surface area contributed by atoms with E-state index in [1.165, 1.54) is 10.9 Å². The molecule has 0 bridgehead atoms. The first-order chi connectivity index (χ1) is 9.97. The number of ether oxygens (including phenoxy) is 1. The topological polar surface area (TPSA) is 90.5 Å². The molecule has 2 heterocycles. The molecule has 116 valence electrons. The van der Waals surface area contributed by atoms with Crippen molar-refractivity contribution >= 4 is 23.4 Å². The van der Waals surface area contributed by atoms with Crippen LogP contribution in [0.15, 0.2) is 12.4 Å². The summed E-state index contributed by atoms with van der Waals surface area (Å²) in [5.41, 5.74) is 4.69. The molecule has 1 aliphatic heterocycles. The number of primary amides is 1. The highest BCUT2D eigenvalue weighted by molar-refractivity contribution is 6.30. The van der Waals surface area contributed by atoms with E-state index >= 15 is 0 Å². The fraction of sp³-hybridized carbons (Fsp3) is 0.615. The Hall–Kier alpha value is -1.60. The van der Waals surface area contributed by atoms with Crippen molar-refractivity contribution in [2.75, 3.05) is 20.3 Å².